The Bertz CT molecular complexity index is 437. The van der Waals surface area contributed by atoms with Crippen molar-refractivity contribution < 1.29 is 105 Å². The number of rotatable bonds is 5. The number of halogens is 5. The molecule has 0 saturated carbocycles. The molecule has 0 heterocycles. The summed E-state index contributed by atoms with van der Waals surface area (Å²) in [5, 5.41) is 19.7. The number of hydrogen-bond donors (Lipinski definition) is 0. The summed E-state index contributed by atoms with van der Waals surface area (Å²) in [5.74, 6) is -13.6. The summed E-state index contributed by atoms with van der Waals surface area (Å²) < 4.78 is 75.2. The average molecular weight is 362 g/mol. The topological polar surface area (TPSA) is 73.8 Å². The van der Waals surface area contributed by atoms with Gasteiger partial charge in [-0.2, -0.15) is 8.78 Å². The summed E-state index contributed by atoms with van der Waals surface area (Å²) in [6.45, 7) is 1.38. The van der Waals surface area contributed by atoms with Crippen LogP contribution in [0.5, 0.6) is 5.75 Å². The molecule has 0 aliphatic heterocycles. The zero-order valence-electron chi connectivity index (χ0n) is 12.9. The van der Waals surface area contributed by atoms with Crippen LogP contribution in [0.1, 0.15) is 0 Å². The van der Waals surface area contributed by atoms with Gasteiger partial charge in [0.25, 0.3) is 0 Å². The summed E-state index contributed by atoms with van der Waals surface area (Å²) >= 11 is 0. The van der Waals surface area contributed by atoms with Crippen LogP contribution < -0.4 is 73.8 Å². The van der Waals surface area contributed by atoms with Gasteiger partial charge >= 0.3 is 59.1 Å². The van der Waals surface area contributed by atoms with Crippen molar-refractivity contribution in [3.05, 3.63) is 29.1 Å². The molecule has 0 aromatic heterocycles. The third-order valence-corrected chi connectivity index (χ3v) is 1.88. The fourth-order valence-electron chi connectivity index (χ4n) is 0.951. The summed E-state index contributed by atoms with van der Waals surface area (Å²) in [6, 6.07) is 0. The van der Waals surface area contributed by atoms with Gasteiger partial charge in [0.05, 0.1) is 13.2 Å². The maximum absolute atomic E-state index is 12.6. The zero-order chi connectivity index (χ0) is 16.6. The van der Waals surface area contributed by atoms with Crippen molar-refractivity contribution in [3.63, 3.8) is 0 Å². The molecule has 1 aromatic carbocycles. The summed E-state index contributed by atoms with van der Waals surface area (Å²) in [6.07, 6.45) is 0. The van der Waals surface area contributed by atoms with Gasteiger partial charge in [-0.05, 0) is 0 Å². The minimum absolute atomic E-state index is 0. The molecule has 0 saturated heterocycles. The molecule has 0 atom stereocenters. The quantitative estimate of drug-likeness (QED) is 0.171. The zero-order valence-corrected chi connectivity index (χ0v) is 16.9. The van der Waals surface area contributed by atoms with Crippen LogP contribution in [0.2, 0.25) is 0 Å². The van der Waals surface area contributed by atoms with Gasteiger partial charge in [-0.25, -0.2) is 13.2 Å². The van der Waals surface area contributed by atoms with E-state index in [0.29, 0.717) is 13.2 Å². The second-order valence-corrected chi connectivity index (χ2v) is 3.29. The van der Waals surface area contributed by atoms with Crippen molar-refractivity contribution in [2.75, 3.05) is 27.4 Å². The molecular weight excluding hydrogens is 352 g/mol. The minimum Gasteiger partial charge on any atom is -0.860 e. The van der Waals surface area contributed by atoms with Crippen LogP contribution >= 0.6 is 0 Å². The van der Waals surface area contributed by atoms with Crippen LogP contribution in [0.3, 0.4) is 0 Å². The van der Waals surface area contributed by atoms with Crippen molar-refractivity contribution >= 4 is 7.32 Å². The Morgan fingerprint density at radius 3 is 1.30 bits per heavy atom. The predicted octanol–water partition coefficient (Wildman–Crippen LogP) is -6.25. The summed E-state index contributed by atoms with van der Waals surface area (Å²) in [7, 11) is 0.108. The molecule has 23 heavy (non-hydrogen) atoms. The number of hydrogen-bond acceptors (Lipinski definition) is 5. The molecule has 0 fully saturated rings. The fraction of sp³-hybridized carbons (Fsp3) is 0.400. The smallest absolute Gasteiger partial charge is 0.860 e. The van der Waals surface area contributed by atoms with Gasteiger partial charge in [-0.1, -0.05) is 0 Å². The largest absolute Gasteiger partial charge is 1.00 e. The first kappa shape index (κ1) is 28.4. The van der Waals surface area contributed by atoms with Crippen LogP contribution in [0.4, 0.5) is 22.0 Å². The van der Waals surface area contributed by atoms with Gasteiger partial charge in [0.2, 0.25) is 29.1 Å². The number of benzene rings is 1. The van der Waals surface area contributed by atoms with E-state index in [-0.39, 0.29) is 59.1 Å². The van der Waals surface area contributed by atoms with E-state index < -0.39 is 42.2 Å². The molecule has 0 unspecified atom stereocenters. The van der Waals surface area contributed by atoms with E-state index in [4.69, 9.17) is 0 Å². The monoisotopic (exact) mass is 362 g/mol. The van der Waals surface area contributed by atoms with Crippen molar-refractivity contribution in [2.45, 2.75) is 0 Å². The first-order valence-electron chi connectivity index (χ1n) is 5.25. The third kappa shape index (κ3) is 9.59. The van der Waals surface area contributed by atoms with Crippen LogP contribution in [0.25, 0.3) is 0 Å². The van der Waals surface area contributed by atoms with Crippen LogP contribution in [0, 0.1) is 29.1 Å². The molecule has 120 valence electrons. The molecule has 0 aliphatic carbocycles. The molecule has 0 radical (unpaired) electrons. The molecule has 1 aromatic rings. The van der Waals surface area contributed by atoms with Gasteiger partial charge in [0.15, 0.2) is 5.75 Å². The molecule has 0 amide bonds. The molecule has 13 heteroatoms. The van der Waals surface area contributed by atoms with Gasteiger partial charge in [0, 0.05) is 14.2 Å². The Hall–Kier alpha value is 0.575. The second-order valence-electron chi connectivity index (χ2n) is 3.29. The molecule has 0 spiro atoms. The minimum atomic E-state index is -3.20. The maximum atomic E-state index is 12.6. The van der Waals surface area contributed by atoms with E-state index in [0.717, 1.165) is 0 Å². The van der Waals surface area contributed by atoms with Gasteiger partial charge in [-0.3, -0.25) is 0 Å². The Kier molecular flexibility index (Phi) is 18.4. The van der Waals surface area contributed by atoms with Crippen LogP contribution in [0.15, 0.2) is 0 Å². The molecule has 1 rings (SSSR count). The Balaban J connectivity index is -0.000000434. The Morgan fingerprint density at radius 1 is 0.739 bits per heavy atom. The molecular formula is C10H10BF5Na2O5. The van der Waals surface area contributed by atoms with E-state index >= 15 is 0 Å². The Labute approximate surface area is 173 Å². The molecule has 0 aliphatic rings. The average Bonchev–Trinajstić information content (AvgIpc) is 2.46. The first-order valence-corrected chi connectivity index (χ1v) is 5.25. The van der Waals surface area contributed by atoms with Crippen LogP contribution in [-0.2, 0) is 9.47 Å². The number of methoxy groups -OCH3 is 2. The number of ether oxygens (including phenoxy) is 2. The van der Waals surface area contributed by atoms with Crippen molar-refractivity contribution in [2.24, 2.45) is 0 Å². The van der Waals surface area contributed by atoms with Crippen molar-refractivity contribution in [3.8, 4) is 5.75 Å². The summed E-state index contributed by atoms with van der Waals surface area (Å²) in [5.41, 5.74) is 0. The van der Waals surface area contributed by atoms with Crippen LogP contribution in [-0.4, -0.2) is 34.8 Å². The van der Waals surface area contributed by atoms with E-state index in [2.05, 4.69) is 14.1 Å². The SMILES string of the molecule is COCCOC.[Na+].[Na+].[O-]B([O-])Oc1c(F)c(F)c(F)c(F)c1F. The standard InChI is InChI=1S/C6BF5O3.C4H10O2.2Na/c8-1-2(9)4(11)6(15-7(13)14)5(12)3(1)10;1-5-3-4-6-2;;/h;3-4H2,1-2H3;;/q-2;;2*+1. The van der Waals surface area contributed by atoms with E-state index in [1.54, 1.807) is 14.2 Å². The first-order chi connectivity index (χ1) is 9.77. The van der Waals surface area contributed by atoms with Gasteiger partial charge in [-0.15, -0.1) is 0 Å². The summed E-state index contributed by atoms with van der Waals surface area (Å²) in [4.78, 5) is 0. The Morgan fingerprint density at radius 2 is 1.04 bits per heavy atom. The molecule has 5 nitrogen and oxygen atoms in total. The van der Waals surface area contributed by atoms with E-state index in [1.165, 1.54) is 0 Å². The van der Waals surface area contributed by atoms with E-state index in [9.17, 15) is 32.0 Å². The molecule has 0 N–H and O–H groups in total. The van der Waals surface area contributed by atoms with E-state index in [1.807, 2.05) is 0 Å². The maximum Gasteiger partial charge on any atom is 1.00 e. The third-order valence-electron chi connectivity index (χ3n) is 1.88. The van der Waals surface area contributed by atoms with Crippen molar-refractivity contribution in [1.82, 2.24) is 0 Å². The van der Waals surface area contributed by atoms with Crippen molar-refractivity contribution in [1.29, 1.82) is 0 Å². The molecule has 0 bridgehead atoms. The fourth-order valence-corrected chi connectivity index (χ4v) is 0.951. The predicted molar refractivity (Wildman–Crippen MR) is 56.4 cm³/mol. The van der Waals surface area contributed by atoms with Gasteiger partial charge < -0.3 is 24.2 Å². The van der Waals surface area contributed by atoms with Gasteiger partial charge in [0.1, 0.15) is 7.32 Å². The second kappa shape index (κ2) is 14.9. The normalized spacial score (nSPS) is 9.09.